The maximum absolute atomic E-state index is 15.8. The number of methoxy groups -OCH3 is 2. The van der Waals surface area contributed by atoms with Crippen LogP contribution in [0, 0.1) is 25.5 Å². The molecule has 0 bridgehead atoms. The number of carboxylic acids is 1. The first-order valence-corrected chi connectivity index (χ1v) is 14.8. The molecule has 9 heteroatoms. The maximum Gasteiger partial charge on any atom is 0.326 e. The van der Waals surface area contributed by atoms with E-state index in [0.29, 0.717) is 33.8 Å². The Labute approximate surface area is 265 Å². The van der Waals surface area contributed by atoms with Gasteiger partial charge in [-0.15, -0.1) is 0 Å². The number of rotatable bonds is 10. The molecule has 0 unspecified atom stereocenters. The second-order valence-electron chi connectivity index (χ2n) is 11.0. The van der Waals surface area contributed by atoms with Crippen molar-refractivity contribution < 1.29 is 33.0 Å². The summed E-state index contributed by atoms with van der Waals surface area (Å²) in [4.78, 5) is 29.9. The van der Waals surface area contributed by atoms with Crippen molar-refractivity contribution >= 4 is 22.6 Å². The summed E-state index contributed by atoms with van der Waals surface area (Å²) in [5.74, 6) is -3.39. The number of nitrogens with one attached hydrogen (secondary N) is 1. The van der Waals surface area contributed by atoms with Crippen LogP contribution in [-0.2, 0) is 17.6 Å². The molecule has 5 rings (SSSR count). The lowest BCUT2D eigenvalue weighted by molar-refractivity contribution is -0.139. The molecule has 7 nitrogen and oxygen atoms in total. The van der Waals surface area contributed by atoms with E-state index in [9.17, 15) is 19.1 Å². The molecule has 236 valence electrons. The minimum absolute atomic E-state index is 0.0235. The zero-order chi connectivity index (χ0) is 33.1. The van der Waals surface area contributed by atoms with E-state index in [-0.39, 0.29) is 12.0 Å². The van der Waals surface area contributed by atoms with Crippen LogP contribution in [0.3, 0.4) is 0 Å². The van der Waals surface area contributed by atoms with E-state index >= 15 is 4.39 Å². The number of fused-ring (bicyclic) bond motifs is 1. The maximum atomic E-state index is 15.8. The van der Waals surface area contributed by atoms with E-state index in [1.54, 1.807) is 52.6 Å². The minimum atomic E-state index is -1.49. The van der Waals surface area contributed by atoms with Gasteiger partial charge in [-0.1, -0.05) is 49.4 Å². The smallest absolute Gasteiger partial charge is 0.326 e. The lowest BCUT2D eigenvalue weighted by Gasteiger charge is -2.20. The van der Waals surface area contributed by atoms with Crippen molar-refractivity contribution in [3.8, 4) is 33.8 Å². The van der Waals surface area contributed by atoms with E-state index in [1.807, 2.05) is 43.3 Å². The van der Waals surface area contributed by atoms with Crippen LogP contribution in [0.25, 0.3) is 33.0 Å². The Morgan fingerprint density at radius 2 is 1.54 bits per heavy atom. The summed E-state index contributed by atoms with van der Waals surface area (Å²) in [7, 11) is 3.19. The Morgan fingerprint density at radius 1 is 0.848 bits per heavy atom. The number of hydrogen-bond acceptors (Lipinski definition) is 5. The van der Waals surface area contributed by atoms with Crippen LogP contribution in [0.4, 0.5) is 8.78 Å². The average Bonchev–Trinajstić information content (AvgIpc) is 3.04. The van der Waals surface area contributed by atoms with Crippen molar-refractivity contribution in [3.63, 3.8) is 0 Å². The molecule has 0 saturated carbocycles. The molecule has 1 aromatic heterocycles. The first-order valence-electron chi connectivity index (χ1n) is 14.8. The molecule has 1 amide bonds. The molecule has 0 saturated heterocycles. The highest BCUT2D eigenvalue weighted by atomic mass is 19.1. The van der Waals surface area contributed by atoms with Crippen LogP contribution in [0.2, 0.25) is 0 Å². The van der Waals surface area contributed by atoms with Crippen LogP contribution in [0.1, 0.15) is 39.5 Å². The van der Waals surface area contributed by atoms with Crippen LogP contribution in [-0.4, -0.2) is 42.2 Å². The number of ether oxygens (including phenoxy) is 2. The van der Waals surface area contributed by atoms with Crippen LogP contribution < -0.4 is 14.8 Å². The molecule has 0 aliphatic rings. The molecule has 4 aromatic carbocycles. The second-order valence-corrected chi connectivity index (χ2v) is 11.0. The third-order valence-corrected chi connectivity index (χ3v) is 8.23. The van der Waals surface area contributed by atoms with Gasteiger partial charge in [-0.05, 0) is 82.6 Å². The molecule has 0 aliphatic heterocycles. The molecule has 0 spiro atoms. The normalized spacial score (nSPS) is 11.7. The van der Waals surface area contributed by atoms with E-state index in [4.69, 9.17) is 9.47 Å². The predicted octanol–water partition coefficient (Wildman–Crippen LogP) is 7.47. The minimum Gasteiger partial charge on any atom is -0.496 e. The number of carbonyl (C=O) groups excluding carboxylic acids is 1. The fourth-order valence-corrected chi connectivity index (χ4v) is 6.05. The van der Waals surface area contributed by atoms with Gasteiger partial charge in [0.1, 0.15) is 34.7 Å². The molecule has 2 N–H and O–H groups in total. The third kappa shape index (κ3) is 5.88. The number of carbonyl (C=O) groups is 2. The van der Waals surface area contributed by atoms with Gasteiger partial charge in [-0.2, -0.15) is 0 Å². The van der Waals surface area contributed by atoms with Gasteiger partial charge in [-0.3, -0.25) is 9.78 Å². The van der Waals surface area contributed by atoms with E-state index < -0.39 is 35.1 Å². The standard InChI is InChI=1S/C37H34F2N2O5/c1-6-22-13-16-30(45-4)32(35(22)46-5)26-12-8-10-24-23(9-7-11-25(24)26)17-29(37(43)44)41-36(42)33-28(38)15-14-27(34(33)39)31-20(2)18-40-19-21(31)3/h7-16,18-19,29H,6,17H2,1-5H3,(H,41,42)(H,43,44)/t29-/m0/s1. The van der Waals surface area contributed by atoms with Gasteiger partial charge in [0, 0.05) is 24.4 Å². The first kappa shape index (κ1) is 32.1. The molecular weight excluding hydrogens is 590 g/mol. The zero-order valence-corrected chi connectivity index (χ0v) is 26.2. The number of aliphatic carboxylic acids is 1. The summed E-state index contributed by atoms with van der Waals surface area (Å²) in [5.41, 5.74) is 4.15. The fraction of sp³-hybridized carbons (Fsp3) is 0.216. The van der Waals surface area contributed by atoms with Gasteiger partial charge < -0.3 is 19.9 Å². The molecular formula is C37H34F2N2O5. The summed E-state index contributed by atoms with van der Waals surface area (Å²) in [6, 6.07) is 15.8. The van der Waals surface area contributed by atoms with Crippen molar-refractivity contribution in [2.45, 2.75) is 39.7 Å². The highest BCUT2D eigenvalue weighted by Gasteiger charge is 2.28. The Hall–Kier alpha value is -5.31. The van der Waals surface area contributed by atoms with E-state index in [1.165, 1.54) is 6.07 Å². The Balaban J connectivity index is 1.54. The largest absolute Gasteiger partial charge is 0.496 e. The number of aryl methyl sites for hydroxylation is 3. The predicted molar refractivity (Wildman–Crippen MR) is 174 cm³/mol. The highest BCUT2D eigenvalue weighted by molar-refractivity contribution is 6.02. The summed E-state index contributed by atoms with van der Waals surface area (Å²) < 4.78 is 42.3. The summed E-state index contributed by atoms with van der Waals surface area (Å²) in [5, 5.41) is 14.1. The first-order chi connectivity index (χ1) is 22.1. The van der Waals surface area contributed by atoms with Gasteiger partial charge in [0.2, 0.25) is 0 Å². The number of carboxylic acid groups (broad SMARTS) is 1. The van der Waals surface area contributed by atoms with Crippen molar-refractivity contribution in [1.82, 2.24) is 10.3 Å². The highest BCUT2D eigenvalue weighted by Crippen LogP contribution is 2.44. The number of pyridine rings is 1. The number of nitrogens with zero attached hydrogens (tertiary/aromatic N) is 1. The molecule has 1 heterocycles. The average molecular weight is 625 g/mol. The number of amides is 1. The lowest BCUT2D eigenvalue weighted by atomic mass is 9.91. The second kappa shape index (κ2) is 13.4. The molecule has 1 atom stereocenters. The number of benzene rings is 4. The van der Waals surface area contributed by atoms with Crippen LogP contribution in [0.15, 0.2) is 73.1 Å². The van der Waals surface area contributed by atoms with E-state index in [2.05, 4.69) is 10.3 Å². The van der Waals surface area contributed by atoms with Crippen molar-refractivity contribution in [2.24, 2.45) is 0 Å². The molecule has 0 fully saturated rings. The van der Waals surface area contributed by atoms with Crippen molar-refractivity contribution in [2.75, 3.05) is 14.2 Å². The van der Waals surface area contributed by atoms with Gasteiger partial charge >= 0.3 is 5.97 Å². The SMILES string of the molecule is CCc1ccc(OC)c(-c2cccc3c(C[C@H](NC(=O)c4c(F)ccc(-c5c(C)cncc5C)c4F)C(=O)O)cccc23)c1OC. The Morgan fingerprint density at radius 3 is 2.20 bits per heavy atom. The quantitative estimate of drug-likeness (QED) is 0.167. The monoisotopic (exact) mass is 624 g/mol. The van der Waals surface area contributed by atoms with E-state index in [0.717, 1.165) is 39.9 Å². The summed E-state index contributed by atoms with van der Waals surface area (Å²) in [6.45, 7) is 5.51. The summed E-state index contributed by atoms with van der Waals surface area (Å²) >= 11 is 0. The van der Waals surface area contributed by atoms with Gasteiger partial charge in [0.05, 0.1) is 19.8 Å². The third-order valence-electron chi connectivity index (χ3n) is 8.23. The summed E-state index contributed by atoms with van der Waals surface area (Å²) in [6.07, 6.45) is 3.69. The number of hydrogen-bond donors (Lipinski definition) is 2. The van der Waals surface area contributed by atoms with Gasteiger partial charge in [-0.25, -0.2) is 13.6 Å². The topological polar surface area (TPSA) is 97.8 Å². The molecule has 0 radical (unpaired) electrons. The van der Waals surface area contributed by atoms with Gasteiger partial charge in [0.25, 0.3) is 5.91 Å². The zero-order valence-electron chi connectivity index (χ0n) is 26.2. The van der Waals surface area contributed by atoms with Crippen molar-refractivity contribution in [1.29, 1.82) is 0 Å². The molecule has 0 aliphatic carbocycles. The fourth-order valence-electron chi connectivity index (χ4n) is 6.05. The van der Waals surface area contributed by atoms with Crippen molar-refractivity contribution in [3.05, 3.63) is 113 Å². The molecule has 5 aromatic rings. The van der Waals surface area contributed by atoms with Gasteiger partial charge in [0.15, 0.2) is 0 Å². The molecule has 46 heavy (non-hydrogen) atoms. The van der Waals surface area contributed by atoms with Crippen LogP contribution >= 0.6 is 0 Å². The van der Waals surface area contributed by atoms with Crippen LogP contribution in [0.5, 0.6) is 11.5 Å². The number of halogens is 2. The lowest BCUT2D eigenvalue weighted by Crippen LogP contribution is -2.43. The Bertz CT molecular complexity index is 1950. The Kier molecular flexibility index (Phi) is 9.32. The number of aromatic nitrogens is 1.